The van der Waals surface area contributed by atoms with E-state index < -0.39 is 0 Å². The highest BCUT2D eigenvalue weighted by Gasteiger charge is 2.22. The fourth-order valence-corrected chi connectivity index (χ4v) is 10.8. The van der Waals surface area contributed by atoms with E-state index in [1.165, 1.54) is 90.2 Å². The zero-order chi connectivity index (χ0) is 36.3. The second-order valence-corrected chi connectivity index (χ2v) is 16.1. The zero-order valence-corrected chi connectivity index (χ0v) is 31.4. The van der Waals surface area contributed by atoms with Gasteiger partial charge in [0.05, 0.1) is 16.1 Å². The maximum Gasteiger partial charge on any atom is 0.0640 e. The molecule has 2 aromatic heterocycles. The second-order valence-electron chi connectivity index (χ2n) is 14.0. The minimum atomic E-state index is 1.12. The molecule has 0 unspecified atom stereocenters. The van der Waals surface area contributed by atoms with E-state index >= 15 is 0 Å². The molecule has 258 valence electrons. The maximum atomic E-state index is 2.48. The van der Waals surface area contributed by atoms with Gasteiger partial charge in [-0.15, -0.1) is 22.7 Å². The van der Waals surface area contributed by atoms with Gasteiger partial charge in [-0.1, -0.05) is 164 Å². The molecule has 0 fully saturated rings. The van der Waals surface area contributed by atoms with Crippen LogP contribution in [-0.4, -0.2) is 0 Å². The molecule has 9 aromatic carbocycles. The molecule has 11 aromatic rings. The van der Waals surface area contributed by atoms with E-state index in [-0.39, 0.29) is 0 Å². The molecule has 55 heavy (non-hydrogen) atoms. The minimum Gasteiger partial charge on any atom is -0.308 e. The van der Waals surface area contributed by atoms with Crippen LogP contribution >= 0.6 is 22.7 Å². The number of hydrogen-bond acceptors (Lipinski definition) is 3. The second kappa shape index (κ2) is 13.1. The van der Waals surface area contributed by atoms with Crippen LogP contribution in [0.1, 0.15) is 0 Å². The van der Waals surface area contributed by atoms with Crippen molar-refractivity contribution in [3.05, 3.63) is 200 Å². The molecule has 0 bridgehead atoms. The van der Waals surface area contributed by atoms with Crippen molar-refractivity contribution in [2.45, 2.75) is 0 Å². The molecule has 0 N–H and O–H groups in total. The third-order valence-electron chi connectivity index (χ3n) is 10.9. The van der Waals surface area contributed by atoms with Crippen molar-refractivity contribution < 1.29 is 0 Å². The summed E-state index contributed by atoms with van der Waals surface area (Å²) < 4.78 is 5.24. The number of thiophene rings is 2. The lowest BCUT2D eigenvalue weighted by molar-refractivity contribution is 1.30. The topological polar surface area (TPSA) is 3.24 Å². The van der Waals surface area contributed by atoms with Gasteiger partial charge in [-0.2, -0.15) is 0 Å². The van der Waals surface area contributed by atoms with Crippen LogP contribution in [0.25, 0.3) is 84.5 Å². The molecule has 1 nitrogen and oxygen atoms in total. The molecule has 11 rings (SSSR count). The van der Waals surface area contributed by atoms with Crippen LogP contribution < -0.4 is 4.90 Å². The summed E-state index contributed by atoms with van der Waals surface area (Å²) >= 11 is 3.78. The van der Waals surface area contributed by atoms with Crippen molar-refractivity contribution in [1.29, 1.82) is 0 Å². The van der Waals surface area contributed by atoms with Crippen LogP contribution in [-0.2, 0) is 0 Å². The Morgan fingerprint density at radius 3 is 1.67 bits per heavy atom. The molecule has 2 heterocycles. The van der Waals surface area contributed by atoms with Crippen LogP contribution in [0.3, 0.4) is 0 Å². The molecule has 0 aliphatic rings. The lowest BCUT2D eigenvalue weighted by Crippen LogP contribution is -2.11. The van der Waals surface area contributed by atoms with E-state index in [1.807, 2.05) is 22.7 Å². The van der Waals surface area contributed by atoms with Crippen LogP contribution in [0.2, 0.25) is 0 Å². The van der Waals surface area contributed by atoms with Crippen LogP contribution in [0.4, 0.5) is 17.1 Å². The van der Waals surface area contributed by atoms with E-state index in [4.69, 9.17) is 0 Å². The largest absolute Gasteiger partial charge is 0.308 e. The fraction of sp³-hybridized carbons (Fsp3) is 0. The first kappa shape index (κ1) is 32.0. The van der Waals surface area contributed by atoms with Crippen molar-refractivity contribution in [2.75, 3.05) is 4.90 Å². The first-order chi connectivity index (χ1) is 27.3. The predicted molar refractivity (Wildman–Crippen MR) is 241 cm³/mol. The monoisotopic (exact) mass is 735 g/mol. The molecule has 0 radical (unpaired) electrons. The Morgan fingerprint density at radius 2 is 0.855 bits per heavy atom. The van der Waals surface area contributed by atoms with Crippen LogP contribution in [0.5, 0.6) is 0 Å². The van der Waals surface area contributed by atoms with Gasteiger partial charge in [0.25, 0.3) is 0 Å². The zero-order valence-electron chi connectivity index (χ0n) is 29.8. The summed E-state index contributed by atoms with van der Waals surface area (Å²) in [4.78, 5) is 2.48. The number of anilines is 3. The van der Waals surface area contributed by atoms with Crippen molar-refractivity contribution in [3.63, 3.8) is 0 Å². The maximum absolute atomic E-state index is 2.48. The quantitative estimate of drug-likeness (QED) is 0.164. The molecule has 0 aliphatic carbocycles. The van der Waals surface area contributed by atoms with E-state index in [2.05, 4.69) is 205 Å². The summed E-state index contributed by atoms with van der Waals surface area (Å²) in [5.74, 6) is 0. The van der Waals surface area contributed by atoms with Gasteiger partial charge >= 0.3 is 0 Å². The Kier molecular flexibility index (Phi) is 7.61. The summed E-state index contributed by atoms with van der Waals surface area (Å²) in [6.07, 6.45) is 0. The summed E-state index contributed by atoms with van der Waals surface area (Å²) in [5, 5.41) is 7.69. The molecule has 3 heteroatoms. The Hall–Kier alpha value is -6.52. The number of para-hydroxylation sites is 1. The number of fused-ring (bicyclic) bond motifs is 7. The number of rotatable bonds is 6. The molecule has 0 spiro atoms. The van der Waals surface area contributed by atoms with E-state index in [0.29, 0.717) is 0 Å². The first-order valence-corrected chi connectivity index (χ1v) is 20.3. The highest BCUT2D eigenvalue weighted by molar-refractivity contribution is 7.27. The highest BCUT2D eigenvalue weighted by atomic mass is 32.1. The summed E-state index contributed by atoms with van der Waals surface area (Å²) in [6.45, 7) is 0. The molecule has 0 atom stereocenters. The lowest BCUT2D eigenvalue weighted by Gasteiger charge is -2.28. The van der Waals surface area contributed by atoms with Crippen LogP contribution in [0.15, 0.2) is 200 Å². The van der Waals surface area contributed by atoms with Crippen molar-refractivity contribution in [3.8, 4) is 33.4 Å². The molecule has 0 saturated heterocycles. The molecule has 0 amide bonds. The van der Waals surface area contributed by atoms with Gasteiger partial charge in [0.15, 0.2) is 0 Å². The normalized spacial score (nSPS) is 11.6. The van der Waals surface area contributed by atoms with Crippen molar-refractivity contribution in [2.24, 2.45) is 0 Å². The summed E-state index contributed by atoms with van der Waals surface area (Å²) in [6, 6.07) is 73.3. The molecular weight excluding hydrogens is 703 g/mol. The predicted octanol–water partition coefficient (Wildman–Crippen LogP) is 16.0. The van der Waals surface area contributed by atoms with E-state index in [1.54, 1.807) is 0 Å². The fourth-order valence-electron chi connectivity index (χ4n) is 8.27. The Labute approximate surface area is 327 Å². The van der Waals surface area contributed by atoms with Gasteiger partial charge in [-0.3, -0.25) is 0 Å². The molecular formula is C52H33NS2. The lowest BCUT2D eigenvalue weighted by atomic mass is 9.98. The van der Waals surface area contributed by atoms with Gasteiger partial charge in [-0.05, 0) is 75.0 Å². The molecule has 0 aliphatic heterocycles. The van der Waals surface area contributed by atoms with Gasteiger partial charge in [0.2, 0.25) is 0 Å². The van der Waals surface area contributed by atoms with Gasteiger partial charge in [0, 0.05) is 46.9 Å². The molecule has 0 saturated carbocycles. The summed E-state index contributed by atoms with van der Waals surface area (Å²) in [7, 11) is 0. The Morgan fingerprint density at radius 1 is 0.309 bits per heavy atom. The van der Waals surface area contributed by atoms with Crippen molar-refractivity contribution in [1.82, 2.24) is 0 Å². The standard InChI is InChI=1S/C52H33NS2/c1-2-14-35(15-3-1)41-19-11-22-45-46-23-12-25-48(52(46)55-51(41)45)53(47-24-8-6-17-40(47)38-28-27-34-13-4-5-16-37(34)33-38)39-31-29-36(30-32-39)42-20-10-21-44-43-18-7-9-26-49(43)54-50(42)44/h1-33H. The Balaban J connectivity index is 1.13. The average molecular weight is 736 g/mol. The smallest absolute Gasteiger partial charge is 0.0640 e. The Bertz CT molecular complexity index is 3210. The number of benzene rings is 9. The van der Waals surface area contributed by atoms with Gasteiger partial charge in [-0.25, -0.2) is 0 Å². The van der Waals surface area contributed by atoms with E-state index in [0.717, 1.165) is 11.4 Å². The van der Waals surface area contributed by atoms with Gasteiger partial charge < -0.3 is 4.90 Å². The summed E-state index contributed by atoms with van der Waals surface area (Å²) in [5.41, 5.74) is 10.8. The average Bonchev–Trinajstić information content (AvgIpc) is 3.84. The number of hydrogen-bond donors (Lipinski definition) is 0. The minimum absolute atomic E-state index is 1.12. The number of nitrogens with zero attached hydrogens (tertiary/aromatic N) is 1. The highest BCUT2D eigenvalue weighted by Crippen LogP contribution is 2.49. The SMILES string of the molecule is c1ccc(-c2cccc3c2sc2c(N(c4ccc(-c5cccc6c5sc5ccccc56)cc4)c4ccccc4-c4ccc5ccccc5c4)cccc23)cc1. The van der Waals surface area contributed by atoms with E-state index in [9.17, 15) is 0 Å². The third-order valence-corrected chi connectivity index (χ3v) is 13.4. The van der Waals surface area contributed by atoms with Gasteiger partial charge in [0.1, 0.15) is 0 Å². The first-order valence-electron chi connectivity index (χ1n) is 18.7. The van der Waals surface area contributed by atoms with Crippen molar-refractivity contribution >= 4 is 90.9 Å². The van der Waals surface area contributed by atoms with Crippen LogP contribution in [0, 0.1) is 0 Å². The third kappa shape index (κ3) is 5.35.